The van der Waals surface area contributed by atoms with Crippen LogP contribution in [0.2, 0.25) is 0 Å². The number of nitrogens with zero attached hydrogens (tertiary/aromatic N) is 3. The van der Waals surface area contributed by atoms with Crippen LogP contribution in [0.1, 0.15) is 15.9 Å². The number of nitro benzene ring substituents is 1. The molecule has 0 bridgehead atoms. The van der Waals surface area contributed by atoms with E-state index in [1.165, 1.54) is 23.5 Å². The highest BCUT2D eigenvalue weighted by atomic mass is 32.1. The van der Waals surface area contributed by atoms with Crippen molar-refractivity contribution in [2.24, 2.45) is 5.10 Å². The molecule has 0 fully saturated rings. The molecule has 1 aromatic heterocycles. The summed E-state index contributed by atoms with van der Waals surface area (Å²) in [6, 6.07) is 22.0. The van der Waals surface area contributed by atoms with Gasteiger partial charge in [0.15, 0.2) is 0 Å². The van der Waals surface area contributed by atoms with Gasteiger partial charge in [0, 0.05) is 23.1 Å². The first-order valence-electron chi connectivity index (χ1n) is 9.45. The second kappa shape index (κ2) is 9.63. The molecule has 0 saturated carbocycles. The van der Waals surface area contributed by atoms with E-state index in [4.69, 9.17) is 4.74 Å². The lowest BCUT2D eigenvalue weighted by Gasteiger charge is -2.04. The fourth-order valence-electron chi connectivity index (χ4n) is 2.76. The second-order valence-electron chi connectivity index (χ2n) is 6.54. The van der Waals surface area contributed by atoms with Crippen molar-refractivity contribution in [3.05, 3.63) is 105 Å². The Morgan fingerprint density at radius 3 is 2.59 bits per heavy atom. The number of anilines is 1. The quantitative estimate of drug-likeness (QED) is 0.135. The van der Waals surface area contributed by atoms with E-state index < -0.39 is 10.9 Å². The molecule has 32 heavy (non-hydrogen) atoms. The minimum Gasteiger partial charge on any atom is -0.423 e. The normalized spacial score (nSPS) is 10.8. The van der Waals surface area contributed by atoms with Crippen molar-refractivity contribution in [2.75, 3.05) is 5.43 Å². The summed E-state index contributed by atoms with van der Waals surface area (Å²) in [5.41, 5.74) is 5.43. The average Bonchev–Trinajstić information content (AvgIpc) is 3.30. The average molecular weight is 444 g/mol. The summed E-state index contributed by atoms with van der Waals surface area (Å²) in [6.45, 7) is 0. The number of thiazole rings is 1. The largest absolute Gasteiger partial charge is 0.423 e. The number of hydrogen-bond donors (Lipinski definition) is 1. The van der Waals surface area contributed by atoms with E-state index in [1.807, 2.05) is 6.07 Å². The van der Waals surface area contributed by atoms with Crippen LogP contribution in [0.4, 0.5) is 10.8 Å². The zero-order valence-electron chi connectivity index (χ0n) is 16.5. The number of carbonyl (C=O) groups is 1. The Labute approximate surface area is 187 Å². The van der Waals surface area contributed by atoms with E-state index in [9.17, 15) is 14.9 Å². The minimum atomic E-state index is -0.437. The lowest BCUT2D eigenvalue weighted by molar-refractivity contribution is -0.384. The number of rotatable bonds is 7. The number of benzene rings is 3. The van der Waals surface area contributed by atoms with Crippen molar-refractivity contribution in [1.29, 1.82) is 0 Å². The van der Waals surface area contributed by atoms with Crippen LogP contribution in [0, 0.1) is 10.1 Å². The van der Waals surface area contributed by atoms with Gasteiger partial charge < -0.3 is 4.74 Å². The molecule has 1 N–H and O–H groups in total. The molecule has 9 heteroatoms. The first-order valence-corrected chi connectivity index (χ1v) is 10.3. The van der Waals surface area contributed by atoms with Crippen LogP contribution in [-0.2, 0) is 0 Å². The maximum atomic E-state index is 12.1. The highest BCUT2D eigenvalue weighted by Gasteiger charge is 2.10. The lowest BCUT2D eigenvalue weighted by Crippen LogP contribution is -2.08. The zero-order valence-corrected chi connectivity index (χ0v) is 17.4. The van der Waals surface area contributed by atoms with E-state index in [1.54, 1.807) is 72.3 Å². The molecule has 0 amide bonds. The van der Waals surface area contributed by atoms with Crippen molar-refractivity contribution >= 4 is 34.3 Å². The molecule has 0 atom stereocenters. The molecule has 158 valence electrons. The number of nitro groups is 1. The summed E-state index contributed by atoms with van der Waals surface area (Å²) in [7, 11) is 0. The zero-order chi connectivity index (χ0) is 22.3. The van der Waals surface area contributed by atoms with Crippen molar-refractivity contribution in [2.45, 2.75) is 0 Å². The van der Waals surface area contributed by atoms with Crippen LogP contribution in [0.25, 0.3) is 11.3 Å². The topological polar surface area (TPSA) is 107 Å². The van der Waals surface area contributed by atoms with Gasteiger partial charge in [0.25, 0.3) is 5.69 Å². The van der Waals surface area contributed by atoms with Crippen molar-refractivity contribution < 1.29 is 14.5 Å². The van der Waals surface area contributed by atoms with Gasteiger partial charge in [-0.15, -0.1) is 11.3 Å². The van der Waals surface area contributed by atoms with E-state index in [2.05, 4.69) is 15.5 Å². The molecule has 0 aliphatic rings. The van der Waals surface area contributed by atoms with Crippen molar-refractivity contribution in [1.82, 2.24) is 4.98 Å². The molecule has 0 radical (unpaired) electrons. The summed E-state index contributed by atoms with van der Waals surface area (Å²) >= 11 is 1.34. The van der Waals surface area contributed by atoms with Gasteiger partial charge in [0.1, 0.15) is 5.75 Å². The van der Waals surface area contributed by atoms with E-state index >= 15 is 0 Å². The van der Waals surface area contributed by atoms with E-state index in [0.29, 0.717) is 27.7 Å². The molecule has 1 heterocycles. The molecule has 8 nitrogen and oxygen atoms in total. The predicted octanol–water partition coefficient (Wildman–Crippen LogP) is 5.38. The van der Waals surface area contributed by atoms with Gasteiger partial charge in [0.05, 0.1) is 22.4 Å². The Morgan fingerprint density at radius 1 is 1.06 bits per heavy atom. The van der Waals surface area contributed by atoms with Crippen molar-refractivity contribution in [3.8, 4) is 17.0 Å². The third-order valence-corrected chi connectivity index (χ3v) is 5.08. The third-order valence-electron chi connectivity index (χ3n) is 4.33. The fraction of sp³-hybridized carbons (Fsp3) is 0. The van der Waals surface area contributed by atoms with E-state index in [-0.39, 0.29) is 5.69 Å². The molecule has 0 unspecified atom stereocenters. The van der Waals surface area contributed by atoms with Crippen LogP contribution in [0.3, 0.4) is 0 Å². The molecular weight excluding hydrogens is 428 g/mol. The smallest absolute Gasteiger partial charge is 0.343 e. The Kier molecular flexibility index (Phi) is 6.28. The lowest BCUT2D eigenvalue weighted by atomic mass is 10.1. The van der Waals surface area contributed by atoms with Gasteiger partial charge in [-0.25, -0.2) is 9.78 Å². The minimum absolute atomic E-state index is 0.0147. The molecule has 4 rings (SSSR count). The number of esters is 1. The Balaban J connectivity index is 1.35. The van der Waals surface area contributed by atoms with Gasteiger partial charge in [-0.05, 0) is 42.0 Å². The third kappa shape index (κ3) is 5.21. The number of hydrazone groups is 1. The maximum Gasteiger partial charge on any atom is 0.343 e. The molecule has 0 spiro atoms. The highest BCUT2D eigenvalue weighted by Crippen LogP contribution is 2.27. The molecule has 0 aliphatic heterocycles. The van der Waals surface area contributed by atoms with Gasteiger partial charge in [-0.2, -0.15) is 5.10 Å². The van der Waals surface area contributed by atoms with E-state index in [0.717, 1.165) is 5.56 Å². The summed E-state index contributed by atoms with van der Waals surface area (Å²) in [5, 5.41) is 17.4. The highest BCUT2D eigenvalue weighted by molar-refractivity contribution is 7.14. The van der Waals surface area contributed by atoms with Crippen LogP contribution in [0.5, 0.6) is 5.75 Å². The predicted molar refractivity (Wildman–Crippen MR) is 123 cm³/mol. The molecule has 0 aliphatic carbocycles. The number of carbonyl (C=O) groups excluding carboxylic acids is 1. The maximum absolute atomic E-state index is 12.1. The standard InChI is InChI=1S/C23H16N4O4S/c28-22(17-5-2-1-3-6-17)31-20-11-9-16(10-12-20)14-24-26-23-25-21(15-32-23)18-7-4-8-19(13-18)27(29)30/h1-15H,(H,25,26)/b24-14+. The summed E-state index contributed by atoms with van der Waals surface area (Å²) < 4.78 is 5.35. The molecule has 3 aromatic carbocycles. The number of aromatic nitrogens is 1. The summed E-state index contributed by atoms with van der Waals surface area (Å²) in [6.07, 6.45) is 1.61. The number of nitrogens with one attached hydrogen (secondary N) is 1. The monoisotopic (exact) mass is 444 g/mol. The van der Waals surface area contributed by atoms with Crippen LogP contribution in [0.15, 0.2) is 89.3 Å². The SMILES string of the molecule is O=C(Oc1ccc(/C=N/Nc2nc(-c3cccc([N+](=O)[O-])c3)cs2)cc1)c1ccccc1. The first kappa shape index (κ1) is 20.9. The van der Waals surface area contributed by atoms with Gasteiger partial charge in [-0.1, -0.05) is 30.3 Å². The number of non-ortho nitro benzene ring substituents is 1. The summed E-state index contributed by atoms with van der Waals surface area (Å²) in [4.78, 5) is 27.0. The van der Waals surface area contributed by atoms with Crippen molar-refractivity contribution in [3.63, 3.8) is 0 Å². The van der Waals surface area contributed by atoms with Gasteiger partial charge in [-0.3, -0.25) is 15.5 Å². The Morgan fingerprint density at radius 2 is 1.84 bits per heavy atom. The second-order valence-corrected chi connectivity index (χ2v) is 7.40. The van der Waals surface area contributed by atoms with Crippen LogP contribution >= 0.6 is 11.3 Å². The van der Waals surface area contributed by atoms with Gasteiger partial charge >= 0.3 is 5.97 Å². The molecule has 0 saturated heterocycles. The van der Waals surface area contributed by atoms with Crippen LogP contribution < -0.4 is 10.2 Å². The molecule has 4 aromatic rings. The summed E-state index contributed by atoms with van der Waals surface area (Å²) in [5.74, 6) is 0.0162. The van der Waals surface area contributed by atoms with Gasteiger partial charge in [0.2, 0.25) is 5.13 Å². The van der Waals surface area contributed by atoms with Crippen LogP contribution in [-0.4, -0.2) is 22.1 Å². The Bertz CT molecular complexity index is 1270. The number of hydrogen-bond acceptors (Lipinski definition) is 8. The fourth-order valence-corrected chi connectivity index (χ4v) is 3.43. The first-order chi connectivity index (χ1) is 15.6. The Hall–Kier alpha value is -4.37. The molecular formula is C23H16N4O4S. The number of ether oxygens (including phenoxy) is 1.